The normalized spacial score (nSPS) is 14.3. The molecule has 0 saturated heterocycles. The van der Waals surface area contributed by atoms with Crippen LogP contribution in [0.3, 0.4) is 0 Å². The molecular weight excluding hydrogens is 466 g/mol. The monoisotopic (exact) mass is 484 g/mol. The molecule has 0 aliphatic carbocycles. The van der Waals surface area contributed by atoms with Gasteiger partial charge < -0.3 is 20.1 Å². The first kappa shape index (κ1) is 23.5. The van der Waals surface area contributed by atoms with Gasteiger partial charge in [-0.05, 0) is 24.3 Å². The summed E-state index contributed by atoms with van der Waals surface area (Å²) in [7, 11) is 0. The lowest BCUT2D eigenvalue weighted by molar-refractivity contribution is -0.385. The molecule has 0 unspecified atom stereocenters. The van der Waals surface area contributed by atoms with Gasteiger partial charge in [0.2, 0.25) is 0 Å². The molecule has 0 saturated carbocycles. The Hall–Kier alpha value is -4.61. The number of nitrogens with zero attached hydrogens (tertiary/aromatic N) is 2. The van der Waals surface area contributed by atoms with Gasteiger partial charge in [0, 0.05) is 42.1 Å². The SMILES string of the molecule is O=C(N[C@H]1CCOc2c(C(=O)Nc3ccc(F)c(F)c3)cc([N+](=O)[O-])cc21)OCc1ccccn1. The number of halogens is 2. The Balaban J connectivity index is 1.58. The van der Waals surface area contributed by atoms with Crippen molar-refractivity contribution in [1.82, 2.24) is 10.3 Å². The number of hydrogen-bond donors (Lipinski definition) is 2. The van der Waals surface area contributed by atoms with Gasteiger partial charge >= 0.3 is 6.09 Å². The van der Waals surface area contributed by atoms with Gasteiger partial charge in [-0.1, -0.05) is 6.07 Å². The number of anilines is 1. The third-order valence-corrected chi connectivity index (χ3v) is 5.13. The van der Waals surface area contributed by atoms with E-state index in [1.807, 2.05) is 0 Å². The Bertz CT molecular complexity index is 1290. The van der Waals surface area contributed by atoms with Crippen LogP contribution >= 0.6 is 0 Å². The van der Waals surface area contributed by atoms with E-state index >= 15 is 0 Å². The standard InChI is InChI=1S/C23H18F2N4O6/c24-18-5-4-13(9-19(18)25)27-22(30)17-11-15(29(32)33)10-16-20(6-8-34-21(16)17)28-23(31)35-12-14-3-1-2-7-26-14/h1-5,7,9-11,20H,6,8,12H2,(H,27,30)(H,28,31)/t20-/m0/s1. The fourth-order valence-electron chi connectivity index (χ4n) is 3.49. The van der Waals surface area contributed by atoms with Gasteiger partial charge in [0.25, 0.3) is 11.6 Å². The van der Waals surface area contributed by atoms with Gasteiger partial charge in [-0.2, -0.15) is 0 Å². The Labute approximate surface area is 197 Å². The van der Waals surface area contributed by atoms with E-state index in [1.165, 1.54) is 6.07 Å². The van der Waals surface area contributed by atoms with Crippen molar-refractivity contribution in [1.29, 1.82) is 0 Å². The highest BCUT2D eigenvalue weighted by Gasteiger charge is 2.31. The van der Waals surface area contributed by atoms with Crippen molar-refractivity contribution in [3.05, 3.63) is 93.3 Å². The summed E-state index contributed by atoms with van der Waals surface area (Å²) >= 11 is 0. The van der Waals surface area contributed by atoms with Crippen molar-refractivity contribution in [3.8, 4) is 5.75 Å². The topological polar surface area (TPSA) is 133 Å². The number of alkyl carbamates (subject to hydrolysis) is 1. The number of ether oxygens (including phenoxy) is 2. The Morgan fingerprint density at radius 3 is 2.71 bits per heavy atom. The summed E-state index contributed by atoms with van der Waals surface area (Å²) < 4.78 is 37.5. The molecule has 0 radical (unpaired) electrons. The average molecular weight is 484 g/mol. The first-order chi connectivity index (χ1) is 16.8. The van der Waals surface area contributed by atoms with Crippen molar-refractivity contribution < 1.29 is 32.8 Å². The molecule has 2 aromatic carbocycles. The van der Waals surface area contributed by atoms with Gasteiger partial charge in [0.1, 0.15) is 12.4 Å². The second-order valence-corrected chi connectivity index (χ2v) is 7.48. The van der Waals surface area contributed by atoms with Crippen molar-refractivity contribution in [3.63, 3.8) is 0 Å². The van der Waals surface area contributed by atoms with E-state index in [4.69, 9.17) is 9.47 Å². The molecule has 1 atom stereocenters. The fraction of sp³-hybridized carbons (Fsp3) is 0.174. The zero-order valence-electron chi connectivity index (χ0n) is 18.0. The lowest BCUT2D eigenvalue weighted by atomic mass is 9.96. The highest BCUT2D eigenvalue weighted by Crippen LogP contribution is 2.38. The number of nitrogens with one attached hydrogen (secondary N) is 2. The van der Waals surface area contributed by atoms with E-state index in [9.17, 15) is 28.5 Å². The van der Waals surface area contributed by atoms with Crippen molar-refractivity contribution in [2.24, 2.45) is 0 Å². The van der Waals surface area contributed by atoms with Gasteiger partial charge in [-0.3, -0.25) is 19.9 Å². The van der Waals surface area contributed by atoms with Crippen LogP contribution in [0, 0.1) is 21.7 Å². The summed E-state index contributed by atoms with van der Waals surface area (Å²) in [4.78, 5) is 40.1. The molecule has 2 heterocycles. The lowest BCUT2D eigenvalue weighted by Crippen LogP contribution is -2.33. The second-order valence-electron chi connectivity index (χ2n) is 7.48. The van der Waals surface area contributed by atoms with Crippen LogP contribution in [0.15, 0.2) is 54.7 Å². The molecule has 180 valence electrons. The van der Waals surface area contributed by atoms with Gasteiger partial charge in [0.05, 0.1) is 28.8 Å². The Morgan fingerprint density at radius 2 is 2.00 bits per heavy atom. The number of hydrogen-bond acceptors (Lipinski definition) is 7. The summed E-state index contributed by atoms with van der Waals surface area (Å²) in [6.45, 7) is 0.0149. The third kappa shape index (κ3) is 5.49. The van der Waals surface area contributed by atoms with Gasteiger partial charge in [0.15, 0.2) is 11.6 Å². The first-order valence-electron chi connectivity index (χ1n) is 10.4. The maximum absolute atomic E-state index is 13.5. The predicted molar refractivity (Wildman–Crippen MR) is 118 cm³/mol. The minimum Gasteiger partial charge on any atom is -0.492 e. The van der Waals surface area contributed by atoms with Crippen LogP contribution in [0.1, 0.15) is 34.1 Å². The molecule has 12 heteroatoms. The molecule has 1 aliphatic rings. The maximum atomic E-state index is 13.5. The molecule has 2 N–H and O–H groups in total. The second kappa shape index (κ2) is 10.1. The van der Waals surface area contributed by atoms with Crippen LogP contribution in [0.4, 0.5) is 25.0 Å². The Morgan fingerprint density at radius 1 is 1.17 bits per heavy atom. The number of benzene rings is 2. The summed E-state index contributed by atoms with van der Waals surface area (Å²) in [5, 5.41) is 16.5. The van der Waals surface area contributed by atoms with Crippen molar-refractivity contribution in [2.75, 3.05) is 11.9 Å². The van der Waals surface area contributed by atoms with Crippen LogP contribution in [0.2, 0.25) is 0 Å². The van der Waals surface area contributed by atoms with Crippen LogP contribution < -0.4 is 15.4 Å². The van der Waals surface area contributed by atoms with Gasteiger partial charge in [-0.15, -0.1) is 0 Å². The van der Waals surface area contributed by atoms with E-state index in [-0.39, 0.29) is 42.2 Å². The van der Waals surface area contributed by atoms with Crippen molar-refractivity contribution in [2.45, 2.75) is 19.1 Å². The predicted octanol–water partition coefficient (Wildman–Crippen LogP) is 4.27. The van der Waals surface area contributed by atoms with E-state index < -0.39 is 40.3 Å². The maximum Gasteiger partial charge on any atom is 0.408 e. The minimum atomic E-state index is -1.17. The number of non-ortho nitro benzene ring substituents is 1. The largest absolute Gasteiger partial charge is 0.492 e. The number of amides is 2. The van der Waals surface area contributed by atoms with E-state index in [0.29, 0.717) is 5.69 Å². The fourth-order valence-corrected chi connectivity index (χ4v) is 3.49. The number of rotatable bonds is 6. The number of nitro benzene ring substituents is 1. The molecule has 3 aromatic rings. The molecule has 1 aromatic heterocycles. The van der Waals surface area contributed by atoms with Gasteiger partial charge in [-0.25, -0.2) is 13.6 Å². The molecule has 0 fully saturated rings. The summed E-state index contributed by atoms with van der Waals surface area (Å²) in [5.41, 5.74) is 0.0564. The van der Waals surface area contributed by atoms with Crippen LogP contribution in [0.5, 0.6) is 5.75 Å². The highest BCUT2D eigenvalue weighted by molar-refractivity contribution is 6.07. The summed E-state index contributed by atoms with van der Waals surface area (Å²) in [6, 6.07) is 9.36. The number of carbonyl (C=O) groups is 2. The molecule has 2 amide bonds. The highest BCUT2D eigenvalue weighted by atomic mass is 19.2. The number of nitro groups is 1. The Kier molecular flexibility index (Phi) is 6.81. The minimum absolute atomic E-state index is 0.0250. The molecule has 10 nitrogen and oxygen atoms in total. The number of pyridine rings is 1. The first-order valence-corrected chi connectivity index (χ1v) is 10.4. The average Bonchev–Trinajstić information content (AvgIpc) is 2.85. The van der Waals surface area contributed by atoms with Crippen LogP contribution in [0.25, 0.3) is 0 Å². The third-order valence-electron chi connectivity index (χ3n) is 5.13. The van der Waals surface area contributed by atoms with Crippen LogP contribution in [-0.4, -0.2) is 28.5 Å². The lowest BCUT2D eigenvalue weighted by Gasteiger charge is -2.27. The molecule has 0 bridgehead atoms. The quantitative estimate of drug-likeness (QED) is 0.394. The summed E-state index contributed by atoms with van der Waals surface area (Å²) in [5.74, 6) is -3.08. The number of aromatic nitrogens is 1. The molecule has 0 spiro atoms. The molecular formula is C23H18F2N4O6. The zero-order valence-corrected chi connectivity index (χ0v) is 18.0. The van der Waals surface area contributed by atoms with E-state index in [1.54, 1.807) is 24.4 Å². The number of carbonyl (C=O) groups excluding carboxylic acids is 2. The van der Waals surface area contributed by atoms with Crippen LogP contribution in [-0.2, 0) is 11.3 Å². The smallest absolute Gasteiger partial charge is 0.408 e. The molecule has 4 rings (SSSR count). The summed E-state index contributed by atoms with van der Waals surface area (Å²) in [6.07, 6.45) is 1.03. The van der Waals surface area contributed by atoms with E-state index in [0.717, 1.165) is 24.3 Å². The van der Waals surface area contributed by atoms with Crippen molar-refractivity contribution >= 4 is 23.4 Å². The molecule has 1 aliphatic heterocycles. The van der Waals surface area contributed by atoms with E-state index in [2.05, 4.69) is 15.6 Å². The molecule has 35 heavy (non-hydrogen) atoms. The number of fused-ring (bicyclic) bond motifs is 1. The zero-order chi connectivity index (χ0) is 24.9.